The van der Waals surface area contributed by atoms with Crippen LogP contribution in [0, 0.1) is 0 Å². The second-order valence-corrected chi connectivity index (χ2v) is 4.88. The maximum Gasteiger partial charge on any atom is 0.209 e. The third-order valence-electron chi connectivity index (χ3n) is 3.62. The van der Waals surface area contributed by atoms with Crippen LogP contribution in [0.5, 0.6) is 0 Å². The number of rotatable bonds is 2. The quantitative estimate of drug-likeness (QED) is 0.695. The van der Waals surface area contributed by atoms with Crippen LogP contribution < -0.4 is 17.0 Å². The molecule has 1 aromatic carbocycles. The molecule has 1 nitrogen and oxygen atoms in total. The smallest absolute Gasteiger partial charge is 0.209 e. The number of para-hydroxylation sites is 1. The van der Waals surface area contributed by atoms with E-state index in [0.717, 1.165) is 6.54 Å². The van der Waals surface area contributed by atoms with Crippen molar-refractivity contribution < 1.29 is 21.6 Å². The Morgan fingerprint density at radius 3 is 2.44 bits per heavy atom. The van der Waals surface area contributed by atoms with Gasteiger partial charge in [-0.3, -0.25) is 0 Å². The summed E-state index contributed by atoms with van der Waals surface area (Å²) in [4.78, 5) is 0. The molecule has 2 rings (SSSR count). The van der Waals surface area contributed by atoms with Gasteiger partial charge in [0.2, 0.25) is 5.69 Å². The molecule has 16 heavy (non-hydrogen) atoms. The summed E-state index contributed by atoms with van der Waals surface area (Å²) in [5.41, 5.74) is 4.55. The molecule has 0 amide bonds. The molecule has 1 aliphatic heterocycles. The van der Waals surface area contributed by atoms with Gasteiger partial charge in [0.25, 0.3) is 0 Å². The normalized spacial score (nSPS) is 17.0. The van der Waals surface area contributed by atoms with Crippen molar-refractivity contribution in [1.82, 2.24) is 0 Å². The SMILES string of the molecule is CCC[N+]1=C(C)C(C)(C)c2ccccc21.[Br-]. The summed E-state index contributed by atoms with van der Waals surface area (Å²) in [7, 11) is 0. The lowest BCUT2D eigenvalue weighted by atomic mass is 9.82. The molecule has 2 heteroatoms. The summed E-state index contributed by atoms with van der Waals surface area (Å²) in [5, 5.41) is 0. The van der Waals surface area contributed by atoms with Crippen molar-refractivity contribution >= 4 is 11.4 Å². The van der Waals surface area contributed by atoms with Gasteiger partial charge < -0.3 is 17.0 Å². The third kappa shape index (κ3) is 1.84. The molecule has 0 unspecified atom stereocenters. The molecular weight excluding hydrogens is 262 g/mol. The minimum atomic E-state index is 0. The zero-order valence-corrected chi connectivity index (χ0v) is 12.1. The van der Waals surface area contributed by atoms with Crippen LogP contribution in [0.4, 0.5) is 5.69 Å². The monoisotopic (exact) mass is 281 g/mol. The topological polar surface area (TPSA) is 3.01 Å². The van der Waals surface area contributed by atoms with E-state index in [-0.39, 0.29) is 22.4 Å². The minimum absolute atomic E-state index is 0. The summed E-state index contributed by atoms with van der Waals surface area (Å²) >= 11 is 0. The largest absolute Gasteiger partial charge is 1.00 e. The van der Waals surface area contributed by atoms with Crippen molar-refractivity contribution in [2.75, 3.05) is 6.54 Å². The van der Waals surface area contributed by atoms with Crippen LogP contribution in [0.25, 0.3) is 0 Å². The fraction of sp³-hybridized carbons (Fsp3) is 0.500. The molecule has 0 N–H and O–H groups in total. The zero-order chi connectivity index (χ0) is 11.1. The molecule has 0 aromatic heterocycles. The maximum atomic E-state index is 2.47. The Kier molecular flexibility index (Phi) is 3.95. The van der Waals surface area contributed by atoms with E-state index in [1.165, 1.54) is 23.4 Å². The van der Waals surface area contributed by atoms with Gasteiger partial charge in [-0.2, -0.15) is 4.58 Å². The lowest BCUT2D eigenvalue weighted by Crippen LogP contribution is -3.00. The summed E-state index contributed by atoms with van der Waals surface area (Å²) in [5.74, 6) is 0. The molecule has 0 fully saturated rings. The predicted octanol–water partition coefficient (Wildman–Crippen LogP) is 0.497. The Hall–Kier alpha value is -0.630. The molecular formula is C14H20BrN. The number of benzene rings is 1. The number of hydrogen-bond acceptors (Lipinski definition) is 0. The molecule has 0 saturated carbocycles. The van der Waals surface area contributed by atoms with E-state index in [0.29, 0.717) is 0 Å². The van der Waals surface area contributed by atoms with Gasteiger partial charge in [0.1, 0.15) is 6.54 Å². The average Bonchev–Trinajstić information content (AvgIpc) is 2.42. The maximum absolute atomic E-state index is 2.47. The molecule has 1 aliphatic rings. The Morgan fingerprint density at radius 1 is 1.19 bits per heavy atom. The van der Waals surface area contributed by atoms with Gasteiger partial charge in [0.15, 0.2) is 5.71 Å². The highest BCUT2D eigenvalue weighted by Gasteiger charge is 2.42. The lowest BCUT2D eigenvalue weighted by molar-refractivity contribution is -0.438. The summed E-state index contributed by atoms with van der Waals surface area (Å²) in [6.07, 6.45) is 1.20. The summed E-state index contributed by atoms with van der Waals surface area (Å²) < 4.78 is 2.47. The highest BCUT2D eigenvalue weighted by molar-refractivity contribution is 5.93. The van der Waals surface area contributed by atoms with Gasteiger partial charge in [0, 0.05) is 25.0 Å². The van der Waals surface area contributed by atoms with Crippen LogP contribution in [-0.2, 0) is 5.41 Å². The van der Waals surface area contributed by atoms with Crippen molar-refractivity contribution in [2.45, 2.75) is 39.5 Å². The number of nitrogens with zero attached hydrogens (tertiary/aromatic N) is 1. The minimum Gasteiger partial charge on any atom is -1.00 e. The van der Waals surface area contributed by atoms with Gasteiger partial charge in [-0.15, -0.1) is 0 Å². The molecule has 0 bridgehead atoms. The Balaban J connectivity index is 0.00000128. The molecule has 0 aliphatic carbocycles. The second kappa shape index (κ2) is 4.70. The van der Waals surface area contributed by atoms with Crippen molar-refractivity contribution in [3.63, 3.8) is 0 Å². The lowest BCUT2D eigenvalue weighted by Gasteiger charge is -2.14. The first kappa shape index (κ1) is 13.4. The van der Waals surface area contributed by atoms with Crippen molar-refractivity contribution in [3.05, 3.63) is 29.8 Å². The second-order valence-electron chi connectivity index (χ2n) is 4.88. The molecule has 88 valence electrons. The summed E-state index contributed by atoms with van der Waals surface area (Å²) in [6.45, 7) is 10.3. The first-order valence-corrected chi connectivity index (χ1v) is 5.80. The standard InChI is InChI=1S/C14H20N.BrH/c1-5-10-15-11(2)14(3,4)12-8-6-7-9-13(12)15;/h6-9H,5,10H2,1-4H3;1H/q+1;/p-1. The van der Waals surface area contributed by atoms with E-state index >= 15 is 0 Å². The van der Waals surface area contributed by atoms with E-state index in [1.807, 2.05) is 0 Å². The Labute approximate surface area is 109 Å². The van der Waals surface area contributed by atoms with Crippen molar-refractivity contribution in [3.8, 4) is 0 Å². The Bertz CT molecular complexity index is 418. The van der Waals surface area contributed by atoms with E-state index in [2.05, 4.69) is 56.5 Å². The molecule has 1 aromatic rings. The molecule has 0 atom stereocenters. The van der Waals surface area contributed by atoms with Crippen LogP contribution in [0.15, 0.2) is 24.3 Å². The van der Waals surface area contributed by atoms with Gasteiger partial charge in [0.05, 0.1) is 5.41 Å². The van der Waals surface area contributed by atoms with Crippen molar-refractivity contribution in [2.24, 2.45) is 0 Å². The predicted molar refractivity (Wildman–Crippen MR) is 65.2 cm³/mol. The third-order valence-corrected chi connectivity index (χ3v) is 3.62. The van der Waals surface area contributed by atoms with Crippen LogP contribution in [0.3, 0.4) is 0 Å². The van der Waals surface area contributed by atoms with Crippen LogP contribution in [-0.4, -0.2) is 16.8 Å². The number of hydrogen-bond donors (Lipinski definition) is 0. The fourth-order valence-corrected chi connectivity index (χ4v) is 2.46. The zero-order valence-electron chi connectivity index (χ0n) is 10.5. The van der Waals surface area contributed by atoms with Crippen LogP contribution in [0.2, 0.25) is 0 Å². The fourth-order valence-electron chi connectivity index (χ4n) is 2.46. The molecule has 0 spiro atoms. The van der Waals surface area contributed by atoms with Gasteiger partial charge in [-0.1, -0.05) is 25.1 Å². The average molecular weight is 282 g/mol. The first-order valence-electron chi connectivity index (χ1n) is 5.80. The highest BCUT2D eigenvalue weighted by atomic mass is 79.9. The van der Waals surface area contributed by atoms with E-state index < -0.39 is 0 Å². The van der Waals surface area contributed by atoms with E-state index in [1.54, 1.807) is 0 Å². The van der Waals surface area contributed by atoms with E-state index in [4.69, 9.17) is 0 Å². The molecule has 0 radical (unpaired) electrons. The van der Waals surface area contributed by atoms with Crippen molar-refractivity contribution in [1.29, 1.82) is 0 Å². The van der Waals surface area contributed by atoms with Gasteiger partial charge >= 0.3 is 0 Å². The number of fused-ring (bicyclic) bond motifs is 1. The van der Waals surface area contributed by atoms with E-state index in [9.17, 15) is 0 Å². The molecule has 0 saturated heterocycles. The van der Waals surface area contributed by atoms with Crippen LogP contribution >= 0.6 is 0 Å². The van der Waals surface area contributed by atoms with Gasteiger partial charge in [-0.25, -0.2) is 0 Å². The first-order chi connectivity index (χ1) is 7.09. The highest BCUT2D eigenvalue weighted by Crippen LogP contribution is 2.38. The summed E-state index contributed by atoms with van der Waals surface area (Å²) in [6, 6.07) is 8.78. The van der Waals surface area contributed by atoms with Gasteiger partial charge in [-0.05, 0) is 13.8 Å². The van der Waals surface area contributed by atoms with Crippen LogP contribution in [0.1, 0.15) is 39.7 Å². The Morgan fingerprint density at radius 2 is 1.81 bits per heavy atom. The molecule has 1 heterocycles. The number of halogens is 1.